The largest absolute Gasteiger partial charge is 0.381 e. The third kappa shape index (κ3) is 4.89. The summed E-state index contributed by atoms with van der Waals surface area (Å²) >= 11 is 3.49. The van der Waals surface area contributed by atoms with Crippen LogP contribution in [0.2, 0.25) is 0 Å². The average molecular weight is 459 g/mol. The van der Waals surface area contributed by atoms with Gasteiger partial charge in [-0.25, -0.2) is 0 Å². The number of morpholine rings is 1. The van der Waals surface area contributed by atoms with Crippen LogP contribution in [0.4, 0.5) is 5.69 Å². The van der Waals surface area contributed by atoms with Crippen LogP contribution in [0, 0.1) is 0 Å². The highest BCUT2D eigenvalue weighted by molar-refractivity contribution is 9.10. The van der Waals surface area contributed by atoms with Crippen molar-refractivity contribution in [2.24, 2.45) is 0 Å². The lowest BCUT2D eigenvalue weighted by Gasteiger charge is -2.36. The number of rotatable bonds is 5. The lowest BCUT2D eigenvalue weighted by molar-refractivity contribution is -0.125. The molecule has 4 rings (SSSR count). The van der Waals surface area contributed by atoms with Crippen molar-refractivity contribution in [1.82, 2.24) is 4.90 Å². The monoisotopic (exact) mass is 458 g/mol. The maximum atomic E-state index is 13.5. The number of nitrogens with zero attached hydrogens (tertiary/aromatic N) is 1. The average Bonchev–Trinajstić information content (AvgIpc) is 2.76. The normalized spacial score (nSPS) is 19.6. The molecule has 0 spiro atoms. The van der Waals surface area contributed by atoms with Crippen molar-refractivity contribution in [2.45, 2.75) is 24.8 Å². The zero-order valence-corrected chi connectivity index (χ0v) is 18.1. The van der Waals surface area contributed by atoms with Crippen LogP contribution < -0.4 is 5.32 Å². The summed E-state index contributed by atoms with van der Waals surface area (Å²) in [5.74, 6) is 0.0478. The Labute approximate surface area is 180 Å². The molecule has 1 N–H and O–H groups in total. The van der Waals surface area contributed by atoms with Crippen molar-refractivity contribution in [3.8, 4) is 0 Å². The number of carbonyl (C=O) groups is 1. The van der Waals surface area contributed by atoms with Gasteiger partial charge in [-0.15, -0.1) is 0 Å². The number of anilines is 1. The molecule has 2 saturated heterocycles. The Kier molecular flexibility index (Phi) is 6.65. The number of hydrogen-bond acceptors (Lipinski definition) is 4. The first-order valence-corrected chi connectivity index (χ1v) is 11.0. The highest BCUT2D eigenvalue weighted by Crippen LogP contribution is 2.36. The van der Waals surface area contributed by atoms with Crippen molar-refractivity contribution >= 4 is 27.5 Å². The third-order valence-electron chi connectivity index (χ3n) is 5.87. The SMILES string of the molecule is O=C(Nc1cccc(CN2CCOCC2)c1)C1(c2ccc(Br)cc2)CCOCC1. The molecule has 2 aromatic carbocycles. The van der Waals surface area contributed by atoms with E-state index in [1.165, 1.54) is 5.56 Å². The summed E-state index contributed by atoms with van der Waals surface area (Å²) < 4.78 is 12.0. The number of ether oxygens (including phenoxy) is 2. The minimum atomic E-state index is -0.556. The lowest BCUT2D eigenvalue weighted by atomic mass is 9.73. The molecule has 0 bridgehead atoms. The van der Waals surface area contributed by atoms with E-state index < -0.39 is 5.41 Å². The van der Waals surface area contributed by atoms with Gasteiger partial charge in [0, 0.05) is 43.0 Å². The first-order valence-electron chi connectivity index (χ1n) is 10.2. The summed E-state index contributed by atoms with van der Waals surface area (Å²) in [5, 5.41) is 3.19. The van der Waals surface area contributed by atoms with Gasteiger partial charge in [0.1, 0.15) is 0 Å². The van der Waals surface area contributed by atoms with Crippen LogP contribution in [0.5, 0.6) is 0 Å². The van der Waals surface area contributed by atoms with Gasteiger partial charge in [0.05, 0.1) is 18.6 Å². The molecule has 2 heterocycles. The zero-order chi connectivity index (χ0) is 20.1. The van der Waals surface area contributed by atoms with Crippen LogP contribution in [-0.2, 0) is 26.2 Å². The molecule has 29 heavy (non-hydrogen) atoms. The molecule has 1 amide bonds. The second-order valence-electron chi connectivity index (χ2n) is 7.74. The predicted molar refractivity (Wildman–Crippen MR) is 117 cm³/mol. The van der Waals surface area contributed by atoms with Crippen LogP contribution in [0.1, 0.15) is 24.0 Å². The highest BCUT2D eigenvalue weighted by atomic mass is 79.9. The van der Waals surface area contributed by atoms with Crippen molar-refractivity contribution in [1.29, 1.82) is 0 Å². The summed E-state index contributed by atoms with van der Waals surface area (Å²) in [6.45, 7) is 5.54. The summed E-state index contributed by atoms with van der Waals surface area (Å²) in [6.07, 6.45) is 1.38. The van der Waals surface area contributed by atoms with E-state index in [9.17, 15) is 4.79 Å². The second-order valence-corrected chi connectivity index (χ2v) is 8.66. The van der Waals surface area contributed by atoms with Crippen LogP contribution in [0.25, 0.3) is 0 Å². The van der Waals surface area contributed by atoms with E-state index >= 15 is 0 Å². The van der Waals surface area contributed by atoms with Gasteiger partial charge in [-0.2, -0.15) is 0 Å². The Bertz CT molecular complexity index is 828. The number of carbonyl (C=O) groups excluding carboxylic acids is 1. The molecule has 0 aromatic heterocycles. The number of nitrogens with one attached hydrogen (secondary N) is 1. The van der Waals surface area contributed by atoms with Gasteiger partial charge in [0.15, 0.2) is 0 Å². The molecule has 2 aromatic rings. The molecular weight excluding hydrogens is 432 g/mol. The molecule has 0 saturated carbocycles. The minimum Gasteiger partial charge on any atom is -0.381 e. The molecular formula is C23H27BrN2O3. The Morgan fingerprint density at radius 1 is 1.00 bits per heavy atom. The number of amides is 1. The van der Waals surface area contributed by atoms with E-state index in [1.54, 1.807) is 0 Å². The van der Waals surface area contributed by atoms with Gasteiger partial charge in [-0.05, 0) is 48.2 Å². The Hall–Kier alpha value is -1.73. The highest BCUT2D eigenvalue weighted by Gasteiger charge is 2.41. The van der Waals surface area contributed by atoms with Crippen LogP contribution >= 0.6 is 15.9 Å². The molecule has 0 radical (unpaired) electrons. The quantitative estimate of drug-likeness (QED) is 0.736. The first-order chi connectivity index (χ1) is 14.2. The topological polar surface area (TPSA) is 50.8 Å². The van der Waals surface area contributed by atoms with E-state index in [1.807, 2.05) is 36.4 Å². The summed E-state index contributed by atoms with van der Waals surface area (Å²) in [4.78, 5) is 15.9. The van der Waals surface area contributed by atoms with Crippen molar-refractivity contribution in [2.75, 3.05) is 44.8 Å². The van der Waals surface area contributed by atoms with E-state index in [2.05, 4.69) is 38.3 Å². The van der Waals surface area contributed by atoms with Crippen LogP contribution in [0.15, 0.2) is 53.0 Å². The summed E-state index contributed by atoms with van der Waals surface area (Å²) in [7, 11) is 0. The fourth-order valence-corrected chi connectivity index (χ4v) is 4.42. The number of halogens is 1. The van der Waals surface area contributed by atoms with Gasteiger partial charge in [0.25, 0.3) is 0 Å². The zero-order valence-electron chi connectivity index (χ0n) is 16.5. The fourth-order valence-electron chi connectivity index (χ4n) is 4.15. The van der Waals surface area contributed by atoms with Crippen molar-refractivity contribution < 1.29 is 14.3 Å². The molecule has 6 heteroatoms. The van der Waals surface area contributed by atoms with Crippen LogP contribution in [-0.4, -0.2) is 50.3 Å². The first kappa shape index (κ1) is 20.5. The fraction of sp³-hybridized carbons (Fsp3) is 0.435. The molecule has 0 aliphatic carbocycles. The van der Waals surface area contributed by atoms with Gasteiger partial charge < -0.3 is 14.8 Å². The van der Waals surface area contributed by atoms with E-state index in [0.29, 0.717) is 26.1 Å². The molecule has 5 nitrogen and oxygen atoms in total. The van der Waals surface area contributed by atoms with Gasteiger partial charge in [0.2, 0.25) is 5.91 Å². The maximum Gasteiger partial charge on any atom is 0.235 e. The number of hydrogen-bond donors (Lipinski definition) is 1. The van der Waals surface area contributed by atoms with E-state index in [-0.39, 0.29) is 5.91 Å². The van der Waals surface area contributed by atoms with Gasteiger partial charge in [-0.1, -0.05) is 40.2 Å². The predicted octanol–water partition coefficient (Wildman–Crippen LogP) is 3.97. The Morgan fingerprint density at radius 3 is 2.41 bits per heavy atom. The van der Waals surface area contributed by atoms with E-state index in [0.717, 1.165) is 48.6 Å². The molecule has 0 atom stereocenters. The van der Waals surface area contributed by atoms with E-state index in [4.69, 9.17) is 9.47 Å². The molecule has 2 aliphatic heterocycles. The number of benzene rings is 2. The Balaban J connectivity index is 1.51. The maximum absolute atomic E-state index is 13.5. The standard InChI is InChI=1S/C23H27BrN2O3/c24-20-6-4-19(5-7-20)23(8-12-28-13-9-23)22(27)25-21-3-1-2-18(16-21)17-26-10-14-29-15-11-26/h1-7,16H,8-15,17H2,(H,25,27). The third-order valence-corrected chi connectivity index (χ3v) is 6.40. The molecule has 0 unspecified atom stereocenters. The van der Waals surface area contributed by atoms with Crippen molar-refractivity contribution in [3.63, 3.8) is 0 Å². The molecule has 2 fully saturated rings. The van der Waals surface area contributed by atoms with Crippen LogP contribution in [0.3, 0.4) is 0 Å². The minimum absolute atomic E-state index is 0.0478. The molecule has 2 aliphatic rings. The van der Waals surface area contributed by atoms with Gasteiger partial charge >= 0.3 is 0 Å². The summed E-state index contributed by atoms with van der Waals surface area (Å²) in [5.41, 5.74) is 2.54. The summed E-state index contributed by atoms with van der Waals surface area (Å²) in [6, 6.07) is 16.3. The van der Waals surface area contributed by atoms with Gasteiger partial charge in [-0.3, -0.25) is 9.69 Å². The smallest absolute Gasteiger partial charge is 0.235 e. The lowest BCUT2D eigenvalue weighted by Crippen LogP contribution is -2.44. The second kappa shape index (κ2) is 9.39. The Morgan fingerprint density at radius 2 is 1.69 bits per heavy atom. The van der Waals surface area contributed by atoms with Crippen molar-refractivity contribution in [3.05, 3.63) is 64.1 Å². The molecule has 154 valence electrons.